The Hall–Kier alpha value is -1.14. The minimum absolute atomic E-state index is 0.00511. The number of halogens is 1. The largest absolute Gasteiger partial charge is 0.347 e. The first-order valence-corrected chi connectivity index (χ1v) is 7.44. The zero-order valence-electron chi connectivity index (χ0n) is 9.60. The van der Waals surface area contributed by atoms with E-state index in [-0.39, 0.29) is 11.9 Å². The van der Waals surface area contributed by atoms with E-state index in [4.69, 9.17) is 0 Å². The number of nitrogens with zero attached hydrogens (tertiary/aromatic N) is 2. The van der Waals surface area contributed by atoms with Crippen LogP contribution < -0.4 is 5.32 Å². The van der Waals surface area contributed by atoms with E-state index in [9.17, 15) is 4.79 Å². The third-order valence-corrected chi connectivity index (χ3v) is 4.60. The van der Waals surface area contributed by atoms with E-state index in [1.165, 1.54) is 11.3 Å². The maximum Gasteiger partial charge on any atom is 0.252 e. The van der Waals surface area contributed by atoms with Crippen LogP contribution in [0.1, 0.15) is 22.6 Å². The summed E-state index contributed by atoms with van der Waals surface area (Å²) in [5.74, 6) is 1.12. The first-order valence-electron chi connectivity index (χ1n) is 5.77. The molecular formula is C12H12BrN3OS. The van der Waals surface area contributed by atoms with Crippen molar-refractivity contribution in [2.45, 2.75) is 25.4 Å². The SMILES string of the molecule is O=C(N[C@@H]1CCc2nccn2C1)c1csc(Br)c1. The van der Waals surface area contributed by atoms with Crippen molar-refractivity contribution in [1.29, 1.82) is 0 Å². The molecule has 0 bridgehead atoms. The van der Waals surface area contributed by atoms with Crippen molar-refractivity contribution in [3.05, 3.63) is 39.0 Å². The molecule has 0 fully saturated rings. The van der Waals surface area contributed by atoms with Crippen LogP contribution in [0.3, 0.4) is 0 Å². The molecule has 0 saturated heterocycles. The van der Waals surface area contributed by atoms with Crippen LogP contribution >= 0.6 is 27.3 Å². The predicted octanol–water partition coefficient (Wildman–Crippen LogP) is 2.45. The number of fused-ring (bicyclic) bond motifs is 1. The molecule has 2 aromatic rings. The quantitative estimate of drug-likeness (QED) is 0.921. The van der Waals surface area contributed by atoms with Crippen molar-refractivity contribution in [3.8, 4) is 0 Å². The Morgan fingerprint density at radius 1 is 1.61 bits per heavy atom. The number of carbonyl (C=O) groups is 1. The van der Waals surface area contributed by atoms with Gasteiger partial charge in [-0.1, -0.05) is 0 Å². The first kappa shape index (κ1) is 11.9. The van der Waals surface area contributed by atoms with Gasteiger partial charge in [-0.2, -0.15) is 0 Å². The lowest BCUT2D eigenvalue weighted by Crippen LogP contribution is -2.40. The highest BCUT2D eigenvalue weighted by molar-refractivity contribution is 9.11. The topological polar surface area (TPSA) is 46.9 Å². The number of aromatic nitrogens is 2. The molecule has 4 nitrogen and oxygen atoms in total. The zero-order valence-corrected chi connectivity index (χ0v) is 12.0. The Balaban J connectivity index is 1.66. The van der Waals surface area contributed by atoms with Crippen LogP contribution in [0.4, 0.5) is 0 Å². The van der Waals surface area contributed by atoms with Crippen LogP contribution in [0, 0.1) is 0 Å². The highest BCUT2D eigenvalue weighted by Gasteiger charge is 2.21. The van der Waals surface area contributed by atoms with E-state index in [0.29, 0.717) is 0 Å². The van der Waals surface area contributed by atoms with Gasteiger partial charge in [-0.15, -0.1) is 11.3 Å². The summed E-state index contributed by atoms with van der Waals surface area (Å²) in [6.45, 7) is 0.812. The summed E-state index contributed by atoms with van der Waals surface area (Å²) in [5.41, 5.74) is 0.725. The lowest BCUT2D eigenvalue weighted by molar-refractivity contribution is 0.0928. The molecule has 0 unspecified atom stereocenters. The molecule has 1 amide bonds. The molecule has 0 radical (unpaired) electrons. The molecule has 18 heavy (non-hydrogen) atoms. The van der Waals surface area contributed by atoms with E-state index < -0.39 is 0 Å². The maximum atomic E-state index is 12.0. The lowest BCUT2D eigenvalue weighted by atomic mass is 10.1. The highest BCUT2D eigenvalue weighted by atomic mass is 79.9. The van der Waals surface area contributed by atoms with Crippen LogP contribution in [0.25, 0.3) is 0 Å². The molecule has 1 atom stereocenters. The molecule has 3 rings (SSSR count). The number of rotatable bonds is 2. The Morgan fingerprint density at radius 2 is 2.50 bits per heavy atom. The van der Waals surface area contributed by atoms with E-state index in [1.54, 1.807) is 0 Å². The standard InChI is InChI=1S/C12H12BrN3OS/c13-10-5-8(7-18-10)12(17)15-9-1-2-11-14-3-4-16(11)6-9/h3-5,7,9H,1-2,6H2,(H,15,17)/t9-/m1/s1. The molecule has 0 aromatic carbocycles. The smallest absolute Gasteiger partial charge is 0.252 e. The zero-order chi connectivity index (χ0) is 12.5. The van der Waals surface area contributed by atoms with Gasteiger partial charge in [-0.05, 0) is 28.4 Å². The number of imidazole rings is 1. The first-order chi connectivity index (χ1) is 8.72. The average molecular weight is 326 g/mol. The Bertz CT molecular complexity index is 577. The molecule has 1 N–H and O–H groups in total. The summed E-state index contributed by atoms with van der Waals surface area (Å²) in [7, 11) is 0. The molecular weight excluding hydrogens is 314 g/mol. The Labute approximate surface area is 117 Å². The summed E-state index contributed by atoms with van der Waals surface area (Å²) in [6, 6.07) is 2.05. The number of aryl methyl sites for hydroxylation is 1. The van der Waals surface area contributed by atoms with Crippen LogP contribution in [-0.2, 0) is 13.0 Å². The average Bonchev–Trinajstić information content (AvgIpc) is 2.96. The van der Waals surface area contributed by atoms with Crippen LogP contribution in [-0.4, -0.2) is 21.5 Å². The fourth-order valence-electron chi connectivity index (χ4n) is 2.18. The van der Waals surface area contributed by atoms with Gasteiger partial charge in [0, 0.05) is 36.8 Å². The monoisotopic (exact) mass is 325 g/mol. The third kappa shape index (κ3) is 2.35. The highest BCUT2D eigenvalue weighted by Crippen LogP contribution is 2.21. The van der Waals surface area contributed by atoms with Crippen molar-refractivity contribution in [2.75, 3.05) is 0 Å². The van der Waals surface area contributed by atoms with Crippen molar-refractivity contribution in [3.63, 3.8) is 0 Å². The summed E-state index contributed by atoms with van der Waals surface area (Å²) in [4.78, 5) is 16.3. The molecule has 2 aromatic heterocycles. The Kier molecular flexibility index (Phi) is 3.22. The summed E-state index contributed by atoms with van der Waals surface area (Å²) in [6.07, 6.45) is 5.66. The number of amides is 1. The molecule has 1 aliphatic rings. The minimum Gasteiger partial charge on any atom is -0.347 e. The van der Waals surface area contributed by atoms with E-state index in [2.05, 4.69) is 30.8 Å². The normalized spacial score (nSPS) is 18.4. The van der Waals surface area contributed by atoms with Gasteiger partial charge in [0.15, 0.2) is 0 Å². The van der Waals surface area contributed by atoms with Crippen molar-refractivity contribution >= 4 is 33.2 Å². The molecule has 0 spiro atoms. The molecule has 6 heteroatoms. The number of nitrogens with one attached hydrogen (secondary N) is 1. The van der Waals surface area contributed by atoms with Gasteiger partial charge >= 0.3 is 0 Å². The van der Waals surface area contributed by atoms with Gasteiger partial charge in [-0.25, -0.2) is 4.98 Å². The minimum atomic E-state index is 0.00511. The van der Waals surface area contributed by atoms with Crippen LogP contribution in [0.15, 0.2) is 27.6 Å². The van der Waals surface area contributed by atoms with Crippen molar-refractivity contribution in [1.82, 2.24) is 14.9 Å². The number of thiophene rings is 1. The van der Waals surface area contributed by atoms with Gasteiger partial charge in [-0.3, -0.25) is 4.79 Å². The lowest BCUT2D eigenvalue weighted by Gasteiger charge is -2.24. The molecule has 1 aliphatic heterocycles. The fourth-order valence-corrected chi connectivity index (χ4v) is 3.32. The van der Waals surface area contributed by atoms with Crippen molar-refractivity contribution < 1.29 is 4.79 Å². The fraction of sp³-hybridized carbons (Fsp3) is 0.333. The van der Waals surface area contributed by atoms with Gasteiger partial charge < -0.3 is 9.88 Å². The van der Waals surface area contributed by atoms with Gasteiger partial charge in [0.1, 0.15) is 5.82 Å². The van der Waals surface area contributed by atoms with Gasteiger partial charge in [0.05, 0.1) is 9.35 Å². The predicted molar refractivity (Wildman–Crippen MR) is 73.8 cm³/mol. The molecule has 3 heterocycles. The second-order valence-electron chi connectivity index (χ2n) is 4.34. The van der Waals surface area contributed by atoms with Crippen LogP contribution in [0.2, 0.25) is 0 Å². The maximum absolute atomic E-state index is 12.0. The summed E-state index contributed by atoms with van der Waals surface area (Å²) < 4.78 is 3.09. The van der Waals surface area contributed by atoms with Crippen LogP contribution in [0.5, 0.6) is 0 Å². The second-order valence-corrected chi connectivity index (χ2v) is 6.63. The number of hydrogen-bond donors (Lipinski definition) is 1. The number of hydrogen-bond acceptors (Lipinski definition) is 3. The van der Waals surface area contributed by atoms with E-state index in [1.807, 2.05) is 23.8 Å². The molecule has 0 aliphatic carbocycles. The Morgan fingerprint density at radius 3 is 3.28 bits per heavy atom. The summed E-state index contributed by atoms with van der Waals surface area (Å²) >= 11 is 4.89. The number of carbonyl (C=O) groups excluding carboxylic acids is 1. The molecule has 0 saturated carbocycles. The second kappa shape index (κ2) is 4.85. The van der Waals surface area contributed by atoms with Gasteiger partial charge in [0.25, 0.3) is 5.91 Å². The van der Waals surface area contributed by atoms with Gasteiger partial charge in [0.2, 0.25) is 0 Å². The van der Waals surface area contributed by atoms with E-state index in [0.717, 1.165) is 34.6 Å². The summed E-state index contributed by atoms with van der Waals surface area (Å²) in [5, 5.41) is 4.94. The molecule has 94 valence electrons. The van der Waals surface area contributed by atoms with Crippen molar-refractivity contribution in [2.24, 2.45) is 0 Å². The third-order valence-electron chi connectivity index (χ3n) is 3.10. The van der Waals surface area contributed by atoms with E-state index >= 15 is 0 Å².